The molecule has 1 aliphatic heterocycles. The van der Waals surface area contributed by atoms with Crippen molar-refractivity contribution in [3.63, 3.8) is 0 Å². The minimum atomic E-state index is 0.152. The van der Waals surface area contributed by atoms with Crippen LogP contribution in [-0.2, 0) is 4.79 Å². The summed E-state index contributed by atoms with van der Waals surface area (Å²) in [6, 6.07) is 0. The van der Waals surface area contributed by atoms with Crippen LogP contribution in [0.5, 0.6) is 0 Å². The molecule has 0 radical (unpaired) electrons. The maximum atomic E-state index is 10.8. The molecule has 1 atom stereocenters. The van der Waals surface area contributed by atoms with Gasteiger partial charge in [0.1, 0.15) is 0 Å². The quantitative estimate of drug-likeness (QED) is 0.671. The first kappa shape index (κ1) is 9.52. The molecule has 1 heterocycles. The van der Waals surface area contributed by atoms with Crippen LogP contribution in [0.1, 0.15) is 20.3 Å². The Morgan fingerprint density at radius 2 is 2.25 bits per heavy atom. The van der Waals surface area contributed by atoms with Gasteiger partial charge in [0.05, 0.1) is 0 Å². The zero-order valence-electron chi connectivity index (χ0n) is 7.79. The summed E-state index contributed by atoms with van der Waals surface area (Å²) in [6.07, 6.45) is 1.01. The molecule has 0 aromatic heterocycles. The monoisotopic (exact) mass is 171 g/mol. The molecular formula is C9H17NO2. The summed E-state index contributed by atoms with van der Waals surface area (Å²) in [5.41, 5.74) is 0. The molecular weight excluding hydrogens is 154 g/mol. The van der Waals surface area contributed by atoms with Gasteiger partial charge in [-0.15, -0.1) is 0 Å². The van der Waals surface area contributed by atoms with Crippen molar-refractivity contribution in [1.82, 2.24) is 4.90 Å². The number of aliphatic hydroxyl groups excluding tert-OH is 1. The molecule has 12 heavy (non-hydrogen) atoms. The van der Waals surface area contributed by atoms with Crippen LogP contribution in [0.15, 0.2) is 0 Å². The van der Waals surface area contributed by atoms with Crippen LogP contribution in [0.4, 0.5) is 0 Å². The number of likely N-dealkylation sites (tertiary alicyclic amines) is 1. The Morgan fingerprint density at radius 1 is 1.67 bits per heavy atom. The Hall–Kier alpha value is -0.570. The Labute approximate surface area is 73.4 Å². The Kier molecular flexibility index (Phi) is 3.09. The van der Waals surface area contributed by atoms with E-state index in [1.165, 1.54) is 0 Å². The molecule has 0 saturated carbocycles. The lowest BCUT2D eigenvalue weighted by Crippen LogP contribution is -2.52. The largest absolute Gasteiger partial charge is 0.396 e. The molecule has 1 rings (SSSR count). The summed E-state index contributed by atoms with van der Waals surface area (Å²) < 4.78 is 0. The Bertz CT molecular complexity index is 160. The molecule has 3 nitrogen and oxygen atoms in total. The van der Waals surface area contributed by atoms with Crippen molar-refractivity contribution in [2.45, 2.75) is 20.3 Å². The maximum Gasteiger partial charge on any atom is 0.219 e. The van der Waals surface area contributed by atoms with E-state index in [0.717, 1.165) is 19.5 Å². The third-order valence-electron chi connectivity index (χ3n) is 2.78. The van der Waals surface area contributed by atoms with Crippen molar-refractivity contribution in [2.24, 2.45) is 11.8 Å². The van der Waals surface area contributed by atoms with Gasteiger partial charge in [-0.3, -0.25) is 4.79 Å². The molecule has 0 aromatic rings. The van der Waals surface area contributed by atoms with E-state index in [4.69, 9.17) is 5.11 Å². The number of rotatable bonds is 3. The van der Waals surface area contributed by atoms with Crippen molar-refractivity contribution < 1.29 is 9.90 Å². The first-order valence-corrected chi connectivity index (χ1v) is 4.55. The number of carbonyl (C=O) groups is 1. The number of hydrogen-bond acceptors (Lipinski definition) is 2. The van der Waals surface area contributed by atoms with Crippen molar-refractivity contribution in [3.8, 4) is 0 Å². The molecule has 70 valence electrons. The van der Waals surface area contributed by atoms with Crippen LogP contribution in [0, 0.1) is 11.8 Å². The van der Waals surface area contributed by atoms with Crippen molar-refractivity contribution in [1.29, 1.82) is 0 Å². The summed E-state index contributed by atoms with van der Waals surface area (Å²) in [4.78, 5) is 12.7. The molecule has 3 heteroatoms. The van der Waals surface area contributed by atoms with Gasteiger partial charge in [0.2, 0.25) is 5.91 Å². The zero-order chi connectivity index (χ0) is 9.14. The van der Waals surface area contributed by atoms with Gasteiger partial charge in [0.25, 0.3) is 0 Å². The fourth-order valence-electron chi connectivity index (χ4n) is 1.68. The summed E-state index contributed by atoms with van der Waals surface area (Å²) in [5, 5.41) is 8.98. The molecule has 0 aliphatic carbocycles. The van der Waals surface area contributed by atoms with Gasteiger partial charge in [-0.2, -0.15) is 0 Å². The normalized spacial score (nSPS) is 20.4. The highest BCUT2D eigenvalue weighted by Gasteiger charge is 2.33. The zero-order valence-corrected chi connectivity index (χ0v) is 7.79. The Morgan fingerprint density at radius 3 is 2.58 bits per heavy atom. The van der Waals surface area contributed by atoms with Crippen molar-refractivity contribution in [3.05, 3.63) is 0 Å². The van der Waals surface area contributed by atoms with E-state index in [1.54, 1.807) is 6.92 Å². The predicted molar refractivity (Wildman–Crippen MR) is 46.6 cm³/mol. The standard InChI is InChI=1S/C9H17NO2/c1-3-8(6-11)9-4-10(5-9)7(2)12/h8-9,11H,3-6H2,1-2H3. The predicted octanol–water partition coefficient (Wildman–Crippen LogP) is 0.483. The fourth-order valence-corrected chi connectivity index (χ4v) is 1.68. The molecule has 0 aromatic carbocycles. The first-order chi connectivity index (χ1) is 5.69. The average Bonchev–Trinajstić information content (AvgIpc) is 1.94. The van der Waals surface area contributed by atoms with Gasteiger partial charge in [-0.05, 0) is 11.8 Å². The fraction of sp³-hybridized carbons (Fsp3) is 0.889. The second kappa shape index (κ2) is 3.90. The van der Waals surface area contributed by atoms with E-state index in [9.17, 15) is 4.79 Å². The summed E-state index contributed by atoms with van der Waals surface area (Å²) in [7, 11) is 0. The van der Waals surface area contributed by atoms with Crippen LogP contribution in [0.3, 0.4) is 0 Å². The second-order valence-electron chi connectivity index (χ2n) is 3.53. The molecule has 1 N–H and O–H groups in total. The number of nitrogens with zero attached hydrogens (tertiary/aromatic N) is 1. The third-order valence-corrected chi connectivity index (χ3v) is 2.78. The van der Waals surface area contributed by atoms with Gasteiger partial charge >= 0.3 is 0 Å². The number of amides is 1. The minimum Gasteiger partial charge on any atom is -0.396 e. The lowest BCUT2D eigenvalue weighted by atomic mass is 9.84. The van der Waals surface area contributed by atoms with Crippen molar-refractivity contribution in [2.75, 3.05) is 19.7 Å². The van der Waals surface area contributed by atoms with E-state index in [0.29, 0.717) is 11.8 Å². The highest BCUT2D eigenvalue weighted by atomic mass is 16.3. The van der Waals surface area contributed by atoms with Gasteiger partial charge < -0.3 is 10.0 Å². The molecule has 1 aliphatic rings. The second-order valence-corrected chi connectivity index (χ2v) is 3.53. The van der Waals surface area contributed by atoms with Crippen LogP contribution < -0.4 is 0 Å². The van der Waals surface area contributed by atoms with Gasteiger partial charge in [0, 0.05) is 26.6 Å². The third kappa shape index (κ3) is 1.78. The lowest BCUT2D eigenvalue weighted by Gasteiger charge is -2.42. The summed E-state index contributed by atoms with van der Waals surface area (Å²) in [5.74, 6) is 1.07. The Balaban J connectivity index is 2.28. The lowest BCUT2D eigenvalue weighted by molar-refractivity contribution is -0.136. The van der Waals surface area contributed by atoms with Gasteiger partial charge in [-0.1, -0.05) is 13.3 Å². The highest BCUT2D eigenvalue weighted by Crippen LogP contribution is 2.25. The van der Waals surface area contributed by atoms with Crippen LogP contribution in [0.25, 0.3) is 0 Å². The van der Waals surface area contributed by atoms with E-state index >= 15 is 0 Å². The van der Waals surface area contributed by atoms with E-state index in [2.05, 4.69) is 6.92 Å². The highest BCUT2D eigenvalue weighted by molar-refractivity contribution is 5.74. The molecule has 1 amide bonds. The maximum absolute atomic E-state index is 10.8. The molecule has 1 unspecified atom stereocenters. The number of aliphatic hydroxyl groups is 1. The molecule has 1 saturated heterocycles. The topological polar surface area (TPSA) is 40.5 Å². The van der Waals surface area contributed by atoms with Crippen LogP contribution in [0.2, 0.25) is 0 Å². The smallest absolute Gasteiger partial charge is 0.219 e. The van der Waals surface area contributed by atoms with E-state index < -0.39 is 0 Å². The molecule has 0 bridgehead atoms. The van der Waals surface area contributed by atoms with E-state index in [1.807, 2.05) is 4.90 Å². The van der Waals surface area contributed by atoms with Gasteiger partial charge in [0.15, 0.2) is 0 Å². The number of carbonyl (C=O) groups excluding carboxylic acids is 1. The molecule has 0 spiro atoms. The first-order valence-electron chi connectivity index (χ1n) is 4.55. The average molecular weight is 171 g/mol. The van der Waals surface area contributed by atoms with Gasteiger partial charge in [-0.25, -0.2) is 0 Å². The SMILES string of the molecule is CCC(CO)C1CN(C(C)=O)C1. The van der Waals surface area contributed by atoms with Crippen LogP contribution >= 0.6 is 0 Å². The minimum absolute atomic E-state index is 0.152. The molecule has 1 fully saturated rings. The summed E-state index contributed by atoms with van der Waals surface area (Å²) >= 11 is 0. The number of hydrogen-bond donors (Lipinski definition) is 1. The van der Waals surface area contributed by atoms with E-state index in [-0.39, 0.29) is 12.5 Å². The van der Waals surface area contributed by atoms with Crippen LogP contribution in [-0.4, -0.2) is 35.6 Å². The summed E-state index contributed by atoms with van der Waals surface area (Å²) in [6.45, 7) is 5.61. The van der Waals surface area contributed by atoms with Crippen molar-refractivity contribution >= 4 is 5.91 Å².